The largest absolute Gasteiger partial charge is 0.493 e. The van der Waals surface area contributed by atoms with Crippen LogP contribution in [0.5, 0.6) is 11.5 Å². The highest BCUT2D eigenvalue weighted by molar-refractivity contribution is 5.86. The third kappa shape index (κ3) is 4.76. The summed E-state index contributed by atoms with van der Waals surface area (Å²) in [5.41, 5.74) is -0.941. The normalized spacial score (nSPS) is 23.1. The number of rotatable bonds is 6. The molecule has 0 spiro atoms. The molecule has 1 saturated carbocycles. The molecule has 0 bridgehead atoms. The van der Waals surface area contributed by atoms with Gasteiger partial charge in [-0.1, -0.05) is 6.07 Å². The zero-order chi connectivity index (χ0) is 17.0. The van der Waals surface area contributed by atoms with E-state index in [-0.39, 0.29) is 38.0 Å². The van der Waals surface area contributed by atoms with E-state index in [1.807, 2.05) is 18.2 Å². The highest BCUT2D eigenvalue weighted by Crippen LogP contribution is 2.32. The Morgan fingerprint density at radius 1 is 1.36 bits per heavy atom. The van der Waals surface area contributed by atoms with Gasteiger partial charge in [0.15, 0.2) is 11.5 Å². The number of alkyl halides is 1. The lowest BCUT2D eigenvalue weighted by atomic mass is 10.0. The summed E-state index contributed by atoms with van der Waals surface area (Å²) in [6.07, 6.45) is 5.04. The van der Waals surface area contributed by atoms with E-state index in [0.29, 0.717) is 12.3 Å². The van der Waals surface area contributed by atoms with Crippen LogP contribution in [0.4, 0.5) is 4.39 Å². The molecule has 1 aromatic carbocycles. The zero-order valence-corrected chi connectivity index (χ0v) is 15.3. The third-order valence-electron chi connectivity index (χ3n) is 4.79. The Labute approximate surface area is 154 Å². The number of benzene rings is 1. The number of amides is 1. The average Bonchev–Trinajstić information content (AvgIpc) is 3.26. The first-order valence-corrected chi connectivity index (χ1v) is 8.62. The third-order valence-corrected chi connectivity index (χ3v) is 4.79. The van der Waals surface area contributed by atoms with Crippen LogP contribution < -0.4 is 20.1 Å². The zero-order valence-electron chi connectivity index (χ0n) is 14.5. The summed E-state index contributed by atoms with van der Waals surface area (Å²) in [4.78, 5) is 12.0. The fourth-order valence-electron chi connectivity index (χ4n) is 3.30. The van der Waals surface area contributed by atoms with Gasteiger partial charge in [-0.3, -0.25) is 4.79 Å². The SMILES string of the molecule is COc1cc(CNC(=O)C2(F)CCNC2)ccc1OC1CCCC1.Cl. The second-order valence-corrected chi connectivity index (χ2v) is 6.58. The predicted molar refractivity (Wildman–Crippen MR) is 96.3 cm³/mol. The van der Waals surface area contributed by atoms with Crippen molar-refractivity contribution in [1.29, 1.82) is 0 Å². The molecule has 1 aliphatic carbocycles. The van der Waals surface area contributed by atoms with Crippen molar-refractivity contribution in [3.63, 3.8) is 0 Å². The van der Waals surface area contributed by atoms with Gasteiger partial charge in [-0.15, -0.1) is 12.4 Å². The van der Waals surface area contributed by atoms with Crippen LogP contribution in [0.1, 0.15) is 37.7 Å². The van der Waals surface area contributed by atoms with Gasteiger partial charge >= 0.3 is 0 Å². The first kappa shape index (κ1) is 19.8. The maximum Gasteiger partial charge on any atom is 0.259 e. The van der Waals surface area contributed by atoms with E-state index >= 15 is 0 Å². The van der Waals surface area contributed by atoms with Crippen LogP contribution in [0, 0.1) is 0 Å². The molecule has 0 radical (unpaired) electrons. The van der Waals surface area contributed by atoms with Gasteiger partial charge < -0.3 is 20.1 Å². The smallest absolute Gasteiger partial charge is 0.259 e. The van der Waals surface area contributed by atoms with Crippen molar-refractivity contribution < 1.29 is 18.7 Å². The van der Waals surface area contributed by atoms with Gasteiger partial charge in [0.2, 0.25) is 5.67 Å². The Morgan fingerprint density at radius 3 is 2.76 bits per heavy atom. The van der Waals surface area contributed by atoms with E-state index in [4.69, 9.17) is 9.47 Å². The molecule has 1 saturated heterocycles. The van der Waals surface area contributed by atoms with E-state index in [0.717, 1.165) is 24.2 Å². The number of halogens is 2. The molecule has 140 valence electrons. The number of carbonyl (C=O) groups is 1. The number of methoxy groups -OCH3 is 1. The fourth-order valence-corrected chi connectivity index (χ4v) is 3.30. The second-order valence-electron chi connectivity index (χ2n) is 6.58. The maximum atomic E-state index is 14.3. The van der Waals surface area contributed by atoms with Crippen LogP contribution >= 0.6 is 12.4 Å². The fraction of sp³-hybridized carbons (Fsp3) is 0.611. The predicted octanol–water partition coefficient (Wildman–Crippen LogP) is 2.76. The van der Waals surface area contributed by atoms with Gasteiger partial charge in [0, 0.05) is 19.5 Å². The lowest BCUT2D eigenvalue weighted by Crippen LogP contribution is -2.44. The van der Waals surface area contributed by atoms with E-state index < -0.39 is 11.6 Å². The summed E-state index contributed by atoms with van der Waals surface area (Å²) in [6.45, 7) is 0.881. The number of hydrogen-bond acceptors (Lipinski definition) is 4. The molecule has 2 aliphatic rings. The molecule has 0 aromatic heterocycles. The monoisotopic (exact) mass is 372 g/mol. The second kappa shape index (κ2) is 8.72. The van der Waals surface area contributed by atoms with Gasteiger partial charge in [-0.2, -0.15) is 0 Å². The molecular formula is C18H26ClFN2O3. The molecule has 1 atom stereocenters. The Balaban J connectivity index is 0.00000225. The summed E-state index contributed by atoms with van der Waals surface area (Å²) < 4.78 is 25.7. The molecule has 2 N–H and O–H groups in total. The van der Waals surface area contributed by atoms with Crippen molar-refractivity contribution in [2.24, 2.45) is 0 Å². The quantitative estimate of drug-likeness (QED) is 0.806. The number of ether oxygens (including phenoxy) is 2. The molecule has 1 amide bonds. The summed E-state index contributed by atoms with van der Waals surface area (Å²) in [7, 11) is 1.60. The maximum absolute atomic E-state index is 14.3. The lowest BCUT2D eigenvalue weighted by Gasteiger charge is -2.19. The Morgan fingerprint density at radius 2 is 2.12 bits per heavy atom. The first-order valence-electron chi connectivity index (χ1n) is 8.62. The van der Waals surface area contributed by atoms with Gasteiger partial charge in [0.05, 0.1) is 13.2 Å². The molecule has 1 unspecified atom stereocenters. The first-order chi connectivity index (χ1) is 11.6. The summed E-state index contributed by atoms with van der Waals surface area (Å²) in [5.74, 6) is 0.810. The molecule has 1 aliphatic heterocycles. The number of hydrogen-bond donors (Lipinski definition) is 2. The van der Waals surface area contributed by atoms with Crippen LogP contribution in [-0.2, 0) is 11.3 Å². The van der Waals surface area contributed by atoms with Crippen molar-refractivity contribution in [3.8, 4) is 11.5 Å². The van der Waals surface area contributed by atoms with E-state index in [9.17, 15) is 9.18 Å². The van der Waals surface area contributed by atoms with Crippen LogP contribution in [0.15, 0.2) is 18.2 Å². The Bertz CT molecular complexity index is 588. The minimum absolute atomic E-state index is 0. The average molecular weight is 373 g/mol. The minimum Gasteiger partial charge on any atom is -0.493 e. The number of carbonyl (C=O) groups excluding carboxylic acids is 1. The standard InChI is InChI=1S/C18H25FN2O3.ClH/c1-23-16-10-13(6-7-15(16)24-14-4-2-3-5-14)11-21-17(22)18(19)8-9-20-12-18;/h6-7,10,14,20H,2-5,8-9,11-12H2,1H3,(H,21,22);1H. The highest BCUT2D eigenvalue weighted by Gasteiger charge is 2.41. The van der Waals surface area contributed by atoms with Crippen LogP contribution in [-0.4, -0.2) is 37.9 Å². The van der Waals surface area contributed by atoms with E-state index in [1.54, 1.807) is 7.11 Å². The molecule has 5 nitrogen and oxygen atoms in total. The summed E-state index contributed by atoms with van der Waals surface area (Å²) >= 11 is 0. The van der Waals surface area contributed by atoms with E-state index in [1.165, 1.54) is 12.8 Å². The Hall–Kier alpha value is -1.53. The van der Waals surface area contributed by atoms with Crippen LogP contribution in [0.3, 0.4) is 0 Å². The molecule has 7 heteroatoms. The van der Waals surface area contributed by atoms with Crippen molar-refractivity contribution in [3.05, 3.63) is 23.8 Å². The molecule has 2 fully saturated rings. The lowest BCUT2D eigenvalue weighted by molar-refractivity contribution is -0.131. The van der Waals surface area contributed by atoms with E-state index in [2.05, 4.69) is 10.6 Å². The molecule has 1 heterocycles. The van der Waals surface area contributed by atoms with Crippen molar-refractivity contribution in [1.82, 2.24) is 10.6 Å². The van der Waals surface area contributed by atoms with Gasteiger partial charge in [-0.25, -0.2) is 4.39 Å². The van der Waals surface area contributed by atoms with Gasteiger partial charge in [0.25, 0.3) is 5.91 Å². The summed E-state index contributed by atoms with van der Waals surface area (Å²) in [5, 5.41) is 5.55. The summed E-state index contributed by atoms with van der Waals surface area (Å²) in [6, 6.07) is 5.58. The van der Waals surface area contributed by atoms with Gasteiger partial charge in [-0.05, 0) is 49.9 Å². The molecule has 25 heavy (non-hydrogen) atoms. The number of nitrogens with one attached hydrogen (secondary N) is 2. The topological polar surface area (TPSA) is 59.6 Å². The van der Waals surface area contributed by atoms with Gasteiger partial charge in [0.1, 0.15) is 0 Å². The molecule has 3 rings (SSSR count). The van der Waals surface area contributed by atoms with Crippen LogP contribution in [0.2, 0.25) is 0 Å². The molecular weight excluding hydrogens is 347 g/mol. The highest BCUT2D eigenvalue weighted by atomic mass is 35.5. The molecule has 1 aromatic rings. The van der Waals surface area contributed by atoms with Crippen molar-refractivity contribution >= 4 is 18.3 Å². The van der Waals surface area contributed by atoms with Crippen molar-refractivity contribution in [2.75, 3.05) is 20.2 Å². The van der Waals surface area contributed by atoms with Crippen molar-refractivity contribution in [2.45, 2.75) is 50.4 Å². The van der Waals surface area contributed by atoms with Crippen LogP contribution in [0.25, 0.3) is 0 Å². The minimum atomic E-state index is -1.80. The Kier molecular flexibility index (Phi) is 6.90.